The lowest BCUT2D eigenvalue weighted by Crippen LogP contribution is -2.29. The maximum Gasteiger partial charge on any atom is 0.257 e. The molecule has 0 heterocycles. The quantitative estimate of drug-likeness (QED) is 0.756. The lowest BCUT2D eigenvalue weighted by Gasteiger charge is -2.09. The average Bonchev–Trinajstić information content (AvgIpc) is 2.56. The molecule has 1 N–H and O–H groups in total. The summed E-state index contributed by atoms with van der Waals surface area (Å²) in [6.45, 7) is 4.71. The monoisotopic (exact) mass is 327 g/mol. The Morgan fingerprint density at radius 2 is 1.67 bits per heavy atom. The van der Waals surface area contributed by atoms with Crippen molar-refractivity contribution in [3.63, 3.8) is 0 Å². The van der Waals surface area contributed by atoms with Gasteiger partial charge in [-0.15, -0.1) is 0 Å². The largest absolute Gasteiger partial charge is 0.497 e. The van der Waals surface area contributed by atoms with Gasteiger partial charge in [0.05, 0.1) is 7.11 Å². The van der Waals surface area contributed by atoms with E-state index in [2.05, 4.69) is 11.4 Å². The molecule has 0 aliphatic carbocycles. The second-order valence-electron chi connectivity index (χ2n) is 5.91. The maximum atomic E-state index is 11.8. The Morgan fingerprint density at radius 1 is 1.00 bits per heavy atom. The van der Waals surface area contributed by atoms with E-state index in [0.717, 1.165) is 35.5 Å². The number of ether oxygens (including phenoxy) is 2. The van der Waals surface area contributed by atoms with Crippen molar-refractivity contribution in [1.29, 1.82) is 0 Å². The van der Waals surface area contributed by atoms with E-state index in [1.165, 1.54) is 5.56 Å². The topological polar surface area (TPSA) is 47.6 Å². The van der Waals surface area contributed by atoms with E-state index < -0.39 is 0 Å². The van der Waals surface area contributed by atoms with Crippen molar-refractivity contribution >= 4 is 5.91 Å². The second kappa shape index (κ2) is 8.96. The Morgan fingerprint density at radius 3 is 2.29 bits per heavy atom. The van der Waals surface area contributed by atoms with E-state index >= 15 is 0 Å². The molecule has 0 spiro atoms. The third-order valence-electron chi connectivity index (χ3n) is 3.69. The number of amides is 1. The van der Waals surface area contributed by atoms with Crippen LogP contribution >= 0.6 is 0 Å². The van der Waals surface area contributed by atoms with Crippen molar-refractivity contribution in [1.82, 2.24) is 5.32 Å². The van der Waals surface area contributed by atoms with Crippen LogP contribution in [0, 0.1) is 13.8 Å². The van der Waals surface area contributed by atoms with Gasteiger partial charge in [0.25, 0.3) is 5.91 Å². The fourth-order valence-electron chi connectivity index (χ4n) is 2.53. The van der Waals surface area contributed by atoms with Crippen LogP contribution in [0.3, 0.4) is 0 Å². The van der Waals surface area contributed by atoms with Crippen LogP contribution in [0.4, 0.5) is 0 Å². The summed E-state index contributed by atoms with van der Waals surface area (Å²) in [5, 5.41) is 2.89. The summed E-state index contributed by atoms with van der Waals surface area (Å²) in [6, 6.07) is 13.9. The Balaban J connectivity index is 1.65. The molecule has 0 unspecified atom stereocenters. The number of hydrogen-bond acceptors (Lipinski definition) is 3. The minimum atomic E-state index is -0.0936. The molecule has 4 heteroatoms. The lowest BCUT2D eigenvalue weighted by atomic mass is 10.1. The molecule has 0 saturated heterocycles. The Hall–Kier alpha value is -2.49. The Bertz CT molecular complexity index is 645. The SMILES string of the molecule is COc1ccc(CCCNC(=O)COc2cc(C)cc(C)c2)cc1. The molecule has 4 nitrogen and oxygen atoms in total. The van der Waals surface area contributed by atoms with Crippen LogP contribution in [-0.2, 0) is 11.2 Å². The number of nitrogens with one attached hydrogen (secondary N) is 1. The van der Waals surface area contributed by atoms with Crippen LogP contribution in [0.25, 0.3) is 0 Å². The van der Waals surface area contributed by atoms with Gasteiger partial charge in [-0.25, -0.2) is 0 Å². The molecular weight excluding hydrogens is 302 g/mol. The van der Waals surface area contributed by atoms with Crippen LogP contribution < -0.4 is 14.8 Å². The van der Waals surface area contributed by atoms with Crippen molar-refractivity contribution in [3.8, 4) is 11.5 Å². The predicted octanol–water partition coefficient (Wildman–Crippen LogP) is 3.44. The fourth-order valence-corrected chi connectivity index (χ4v) is 2.53. The minimum Gasteiger partial charge on any atom is -0.497 e. The van der Waals surface area contributed by atoms with Gasteiger partial charge in [-0.2, -0.15) is 0 Å². The van der Waals surface area contributed by atoms with Crippen LogP contribution in [0.5, 0.6) is 11.5 Å². The molecular formula is C20H25NO3. The van der Waals surface area contributed by atoms with Crippen LogP contribution in [-0.4, -0.2) is 26.2 Å². The molecule has 0 saturated carbocycles. The maximum absolute atomic E-state index is 11.8. The highest BCUT2D eigenvalue weighted by molar-refractivity contribution is 5.77. The van der Waals surface area contributed by atoms with Gasteiger partial charge in [0.15, 0.2) is 6.61 Å². The molecule has 0 aromatic heterocycles. The van der Waals surface area contributed by atoms with Gasteiger partial charge in [0, 0.05) is 6.54 Å². The van der Waals surface area contributed by atoms with Gasteiger partial charge in [0.2, 0.25) is 0 Å². The zero-order valence-corrected chi connectivity index (χ0v) is 14.6. The van der Waals surface area contributed by atoms with Crippen molar-refractivity contribution in [3.05, 3.63) is 59.2 Å². The highest BCUT2D eigenvalue weighted by Gasteiger charge is 2.03. The number of rotatable bonds is 8. The Labute approximate surface area is 143 Å². The predicted molar refractivity (Wildman–Crippen MR) is 95.7 cm³/mol. The lowest BCUT2D eigenvalue weighted by molar-refractivity contribution is -0.123. The van der Waals surface area contributed by atoms with Crippen molar-refractivity contribution in [2.24, 2.45) is 0 Å². The first-order valence-electron chi connectivity index (χ1n) is 8.17. The molecule has 0 radical (unpaired) electrons. The molecule has 0 aliphatic rings. The molecule has 0 fully saturated rings. The molecule has 2 aromatic carbocycles. The summed E-state index contributed by atoms with van der Waals surface area (Å²) >= 11 is 0. The zero-order chi connectivity index (χ0) is 17.4. The normalized spacial score (nSPS) is 10.3. The van der Waals surface area contributed by atoms with E-state index in [0.29, 0.717) is 6.54 Å². The molecule has 128 valence electrons. The Kier molecular flexibility index (Phi) is 6.67. The summed E-state index contributed by atoms with van der Waals surface area (Å²) in [6.07, 6.45) is 1.81. The van der Waals surface area contributed by atoms with E-state index in [9.17, 15) is 4.79 Å². The first-order valence-corrected chi connectivity index (χ1v) is 8.17. The first-order chi connectivity index (χ1) is 11.6. The van der Waals surface area contributed by atoms with Gasteiger partial charge in [0.1, 0.15) is 11.5 Å². The third kappa shape index (κ3) is 5.95. The number of methoxy groups -OCH3 is 1. The average molecular weight is 327 g/mol. The molecule has 2 rings (SSSR count). The van der Waals surface area contributed by atoms with Crippen molar-refractivity contribution < 1.29 is 14.3 Å². The summed E-state index contributed by atoms with van der Waals surface area (Å²) < 4.78 is 10.7. The van der Waals surface area contributed by atoms with Gasteiger partial charge in [-0.1, -0.05) is 18.2 Å². The first kappa shape index (κ1) is 17.9. The third-order valence-corrected chi connectivity index (χ3v) is 3.69. The molecule has 0 atom stereocenters. The number of carbonyl (C=O) groups excluding carboxylic acids is 1. The summed E-state index contributed by atoms with van der Waals surface area (Å²) in [5.74, 6) is 1.50. The van der Waals surface area contributed by atoms with Crippen LogP contribution in [0.1, 0.15) is 23.1 Å². The van der Waals surface area contributed by atoms with E-state index in [-0.39, 0.29) is 12.5 Å². The smallest absolute Gasteiger partial charge is 0.257 e. The minimum absolute atomic E-state index is 0.0471. The van der Waals surface area contributed by atoms with Gasteiger partial charge >= 0.3 is 0 Å². The van der Waals surface area contributed by atoms with Gasteiger partial charge < -0.3 is 14.8 Å². The number of aryl methyl sites for hydroxylation is 3. The second-order valence-corrected chi connectivity index (χ2v) is 5.91. The molecule has 2 aromatic rings. The highest BCUT2D eigenvalue weighted by Crippen LogP contribution is 2.16. The van der Waals surface area contributed by atoms with Gasteiger partial charge in [-0.05, 0) is 67.6 Å². The molecule has 0 bridgehead atoms. The highest BCUT2D eigenvalue weighted by atomic mass is 16.5. The summed E-state index contributed by atoms with van der Waals surface area (Å²) in [5.41, 5.74) is 3.49. The number of benzene rings is 2. The molecule has 24 heavy (non-hydrogen) atoms. The fraction of sp³-hybridized carbons (Fsp3) is 0.350. The standard InChI is InChI=1S/C20H25NO3/c1-15-11-16(2)13-19(12-15)24-14-20(22)21-10-4-5-17-6-8-18(23-3)9-7-17/h6-9,11-13H,4-5,10,14H2,1-3H3,(H,21,22). The van der Waals surface area contributed by atoms with Crippen molar-refractivity contribution in [2.45, 2.75) is 26.7 Å². The van der Waals surface area contributed by atoms with Crippen molar-refractivity contribution in [2.75, 3.05) is 20.3 Å². The summed E-state index contributed by atoms with van der Waals surface area (Å²) in [7, 11) is 1.66. The molecule has 1 amide bonds. The van der Waals surface area contributed by atoms with Crippen LogP contribution in [0.15, 0.2) is 42.5 Å². The van der Waals surface area contributed by atoms with E-state index in [4.69, 9.17) is 9.47 Å². The molecule has 0 aliphatic heterocycles. The number of carbonyl (C=O) groups is 1. The van der Waals surface area contributed by atoms with Gasteiger partial charge in [-0.3, -0.25) is 4.79 Å². The zero-order valence-electron chi connectivity index (χ0n) is 14.6. The van der Waals surface area contributed by atoms with E-state index in [1.54, 1.807) is 7.11 Å². The number of hydrogen-bond donors (Lipinski definition) is 1. The van der Waals surface area contributed by atoms with Crippen LogP contribution in [0.2, 0.25) is 0 Å². The van der Waals surface area contributed by atoms with E-state index in [1.807, 2.05) is 50.2 Å². The summed E-state index contributed by atoms with van der Waals surface area (Å²) in [4.78, 5) is 11.8.